The van der Waals surface area contributed by atoms with E-state index in [1.54, 1.807) is 26.8 Å². The molecule has 5 rings (SSSR count). The molecule has 4 aromatic rings. The first-order valence-corrected chi connectivity index (χ1v) is 17.3. The van der Waals surface area contributed by atoms with Crippen LogP contribution in [0.15, 0.2) is 66.9 Å². The van der Waals surface area contributed by atoms with Crippen LogP contribution in [-0.2, 0) is 29.6 Å². The van der Waals surface area contributed by atoms with Crippen molar-refractivity contribution in [2.24, 2.45) is 11.7 Å². The zero-order valence-corrected chi connectivity index (χ0v) is 29.2. The van der Waals surface area contributed by atoms with Gasteiger partial charge in [0.1, 0.15) is 27.5 Å². The molecule has 0 radical (unpaired) electrons. The largest absolute Gasteiger partial charge is 0.598 e. The normalized spacial score (nSPS) is 15.1. The molecular weight excluding hydrogens is 706 g/mol. The van der Waals surface area contributed by atoms with Crippen molar-refractivity contribution >= 4 is 35.0 Å². The number of hydrogen-bond donors (Lipinski definition) is 5. The van der Waals surface area contributed by atoms with Gasteiger partial charge in [0.2, 0.25) is 0 Å². The Kier molecular flexibility index (Phi) is 11.0. The number of primary amides is 1. The quantitative estimate of drug-likeness (QED) is 0.0811. The number of pyridine rings is 1. The van der Waals surface area contributed by atoms with Crippen LogP contribution in [0, 0.1) is 11.7 Å². The van der Waals surface area contributed by atoms with Crippen LogP contribution in [0.3, 0.4) is 0 Å². The summed E-state index contributed by atoms with van der Waals surface area (Å²) in [4.78, 5) is 40.8. The standard InChI is InChI=1S/C35H37F4N7O5S/c1-33(2,3)52(51)45-34(14-13-20-7-8-20,23-10-12-26(30(40)47)41-19-23)22-9-11-25(36)27(16-22)43-31(48)28-17-29(35(37,38)39)44-46(28)24-6-4-5-21(15-24)18-42-32(49)50/h4-6,9-12,15-17,19-20,42,45H,7-8,13-14,18H2,1-3H3,(H2,40,47)(H,43,48)(H,49,50)/t34-,52?/m1/s1. The smallest absolute Gasteiger partial charge is 0.435 e. The van der Waals surface area contributed by atoms with Crippen molar-refractivity contribution in [3.05, 3.63) is 106 Å². The lowest BCUT2D eigenvalue weighted by atomic mass is 9.80. The van der Waals surface area contributed by atoms with E-state index >= 15 is 4.39 Å². The molecule has 0 bridgehead atoms. The van der Waals surface area contributed by atoms with E-state index in [4.69, 9.17) is 10.8 Å². The highest BCUT2D eigenvalue weighted by Crippen LogP contribution is 2.43. The number of carbonyl (C=O) groups is 3. The molecule has 2 aromatic heterocycles. The lowest BCUT2D eigenvalue weighted by molar-refractivity contribution is -0.141. The number of benzene rings is 2. The summed E-state index contributed by atoms with van der Waals surface area (Å²) >= 11 is -1.71. The minimum absolute atomic E-state index is 0.0117. The van der Waals surface area contributed by atoms with Crippen LogP contribution in [0.5, 0.6) is 0 Å². The fourth-order valence-electron chi connectivity index (χ4n) is 5.48. The number of amides is 3. The molecule has 1 aliphatic rings. The van der Waals surface area contributed by atoms with Gasteiger partial charge in [0.15, 0.2) is 5.69 Å². The van der Waals surface area contributed by atoms with Crippen molar-refractivity contribution in [2.75, 3.05) is 5.32 Å². The highest BCUT2D eigenvalue weighted by molar-refractivity contribution is 7.90. The average Bonchev–Trinajstić information content (AvgIpc) is 3.80. The molecule has 1 aliphatic carbocycles. The van der Waals surface area contributed by atoms with Crippen LogP contribution >= 0.6 is 0 Å². The molecule has 2 heterocycles. The van der Waals surface area contributed by atoms with E-state index in [9.17, 15) is 32.1 Å². The number of carbonyl (C=O) groups excluding carboxylic acids is 2. The van der Waals surface area contributed by atoms with Crippen molar-refractivity contribution in [1.82, 2.24) is 24.8 Å². The van der Waals surface area contributed by atoms with E-state index in [0.29, 0.717) is 41.5 Å². The van der Waals surface area contributed by atoms with Crippen LogP contribution in [0.2, 0.25) is 0 Å². The molecule has 1 unspecified atom stereocenters. The second-order valence-electron chi connectivity index (χ2n) is 13.5. The van der Waals surface area contributed by atoms with E-state index in [1.807, 2.05) is 0 Å². The van der Waals surface area contributed by atoms with E-state index in [2.05, 4.69) is 25.4 Å². The van der Waals surface area contributed by atoms with Crippen LogP contribution in [0.1, 0.15) is 89.8 Å². The van der Waals surface area contributed by atoms with Crippen LogP contribution in [-0.4, -0.2) is 47.1 Å². The number of anilines is 1. The number of nitrogens with two attached hydrogens (primary N) is 1. The van der Waals surface area contributed by atoms with Gasteiger partial charge in [0, 0.05) is 30.2 Å². The van der Waals surface area contributed by atoms with E-state index in [0.717, 1.165) is 23.6 Å². The highest BCUT2D eigenvalue weighted by Gasteiger charge is 2.44. The van der Waals surface area contributed by atoms with Crippen molar-refractivity contribution in [3.63, 3.8) is 0 Å². The minimum atomic E-state index is -4.94. The number of nitrogens with zero attached hydrogens (tertiary/aromatic N) is 3. The number of aromatic nitrogens is 3. The predicted octanol–water partition coefficient (Wildman–Crippen LogP) is 6.03. The Morgan fingerprint density at radius 3 is 2.35 bits per heavy atom. The number of hydrogen-bond acceptors (Lipinski definition) is 7. The van der Waals surface area contributed by atoms with Crippen molar-refractivity contribution < 1.29 is 41.6 Å². The summed E-state index contributed by atoms with van der Waals surface area (Å²) in [5.74, 6) is -2.40. The number of alkyl halides is 3. The Bertz CT molecular complexity index is 1960. The summed E-state index contributed by atoms with van der Waals surface area (Å²) in [5.41, 5.74) is 2.98. The first-order valence-electron chi connectivity index (χ1n) is 16.2. The topological polar surface area (TPSA) is 187 Å². The first kappa shape index (κ1) is 38.2. The van der Waals surface area contributed by atoms with Crippen molar-refractivity contribution in [3.8, 4) is 5.69 Å². The highest BCUT2D eigenvalue weighted by atomic mass is 32.2. The fraction of sp³-hybridized carbons (Fsp3) is 0.343. The van der Waals surface area contributed by atoms with Gasteiger partial charge in [0.05, 0.1) is 11.4 Å². The summed E-state index contributed by atoms with van der Waals surface area (Å²) < 4.78 is 74.1. The molecule has 17 heteroatoms. The Hall–Kier alpha value is -5.00. The molecule has 276 valence electrons. The van der Waals surface area contributed by atoms with E-state index < -0.39 is 62.9 Å². The van der Waals surface area contributed by atoms with Gasteiger partial charge in [-0.15, -0.1) is 4.72 Å². The van der Waals surface area contributed by atoms with E-state index in [-0.39, 0.29) is 23.6 Å². The van der Waals surface area contributed by atoms with Gasteiger partial charge in [-0.05, 0) is 86.6 Å². The zero-order valence-electron chi connectivity index (χ0n) is 28.4. The molecule has 1 saturated carbocycles. The Balaban J connectivity index is 1.59. The average molecular weight is 744 g/mol. The number of carboxylic acid groups (broad SMARTS) is 1. The molecule has 52 heavy (non-hydrogen) atoms. The first-order chi connectivity index (χ1) is 24.4. The molecular formula is C35H37F4N7O5S. The molecule has 0 saturated heterocycles. The van der Waals surface area contributed by atoms with Gasteiger partial charge in [-0.1, -0.05) is 37.1 Å². The second-order valence-corrected chi connectivity index (χ2v) is 15.4. The third-order valence-corrected chi connectivity index (χ3v) is 10.1. The van der Waals surface area contributed by atoms with Gasteiger partial charge in [-0.2, -0.15) is 18.3 Å². The third-order valence-electron chi connectivity index (χ3n) is 8.50. The molecule has 3 amide bonds. The molecule has 2 atom stereocenters. The van der Waals surface area contributed by atoms with Crippen molar-refractivity contribution in [1.29, 1.82) is 0 Å². The maximum atomic E-state index is 15.6. The molecule has 2 aromatic carbocycles. The minimum Gasteiger partial charge on any atom is -0.598 e. The maximum absolute atomic E-state index is 15.6. The van der Waals surface area contributed by atoms with Gasteiger partial charge < -0.3 is 26.0 Å². The number of nitrogens with one attached hydrogen (secondary N) is 3. The number of rotatable bonds is 13. The monoisotopic (exact) mass is 743 g/mol. The molecule has 1 fully saturated rings. The van der Waals surface area contributed by atoms with Gasteiger partial charge >= 0.3 is 12.3 Å². The summed E-state index contributed by atoms with van der Waals surface area (Å²) in [6, 6.07) is 13.1. The molecule has 0 spiro atoms. The van der Waals surface area contributed by atoms with Crippen LogP contribution < -0.4 is 21.1 Å². The maximum Gasteiger partial charge on any atom is 0.435 e. The molecule has 0 aliphatic heterocycles. The second kappa shape index (κ2) is 14.9. The lowest BCUT2D eigenvalue weighted by Gasteiger charge is -2.38. The van der Waals surface area contributed by atoms with Gasteiger partial charge in [0.25, 0.3) is 11.8 Å². The van der Waals surface area contributed by atoms with E-state index in [1.165, 1.54) is 48.7 Å². The third kappa shape index (κ3) is 8.89. The van der Waals surface area contributed by atoms with Crippen molar-refractivity contribution in [2.45, 2.75) is 69.5 Å². The Morgan fingerprint density at radius 2 is 1.75 bits per heavy atom. The summed E-state index contributed by atoms with van der Waals surface area (Å²) in [6.45, 7) is 5.13. The number of halogens is 4. The summed E-state index contributed by atoms with van der Waals surface area (Å²) in [6.07, 6.45) is -1.83. The molecule has 12 nitrogen and oxygen atoms in total. The zero-order chi connectivity index (χ0) is 38.0. The van der Waals surface area contributed by atoms with Gasteiger partial charge in [-0.25, -0.2) is 13.9 Å². The van der Waals surface area contributed by atoms with Crippen LogP contribution in [0.4, 0.5) is 28.0 Å². The SMILES string of the molecule is CC(C)(C)[S+]([O-])N[C@@](CCC1CC1)(c1ccc(C(N)=O)nc1)c1ccc(F)c(NC(=O)c2cc(C(F)(F)F)nn2-c2cccc(CNC(=O)O)c2)c1. The summed E-state index contributed by atoms with van der Waals surface area (Å²) in [5, 5.41) is 17.1. The van der Waals surface area contributed by atoms with Crippen LogP contribution in [0.25, 0.3) is 5.69 Å². The predicted molar refractivity (Wildman–Crippen MR) is 184 cm³/mol. The Labute approximate surface area is 299 Å². The Morgan fingerprint density at radius 1 is 1.04 bits per heavy atom. The fourth-order valence-corrected chi connectivity index (χ4v) is 6.44. The van der Waals surface area contributed by atoms with Gasteiger partial charge in [-0.3, -0.25) is 14.6 Å². The molecule has 6 N–H and O–H groups in total. The summed E-state index contributed by atoms with van der Waals surface area (Å²) in [7, 11) is 0. The lowest BCUT2D eigenvalue weighted by Crippen LogP contribution is -2.52.